The van der Waals surface area contributed by atoms with Gasteiger partial charge in [0.2, 0.25) is 0 Å². The summed E-state index contributed by atoms with van der Waals surface area (Å²) in [5.74, 6) is 0.821. The molecule has 114 valence electrons. The van der Waals surface area contributed by atoms with Gasteiger partial charge >= 0.3 is 0 Å². The van der Waals surface area contributed by atoms with Gasteiger partial charge in [-0.25, -0.2) is 4.98 Å². The van der Waals surface area contributed by atoms with E-state index in [1.807, 2.05) is 6.20 Å². The number of nitrogens with zero attached hydrogens (tertiary/aromatic N) is 2. The van der Waals surface area contributed by atoms with Crippen molar-refractivity contribution in [3.8, 4) is 0 Å². The van der Waals surface area contributed by atoms with Crippen LogP contribution in [0.4, 0.5) is 0 Å². The monoisotopic (exact) mass is 410 g/mol. The molecule has 5 nitrogen and oxygen atoms in total. The van der Waals surface area contributed by atoms with E-state index in [0.29, 0.717) is 0 Å². The summed E-state index contributed by atoms with van der Waals surface area (Å²) in [5, 5.41) is 7.72. The first-order chi connectivity index (χ1) is 9.15. The highest BCUT2D eigenvalue weighted by Gasteiger charge is 2.33. The van der Waals surface area contributed by atoms with Crippen molar-refractivity contribution >= 4 is 41.3 Å². The molecule has 1 aliphatic heterocycles. The maximum atomic E-state index is 5.24. The lowest BCUT2D eigenvalue weighted by Crippen LogP contribution is -2.50. The van der Waals surface area contributed by atoms with E-state index in [-0.39, 0.29) is 29.4 Å². The van der Waals surface area contributed by atoms with Crippen LogP contribution in [-0.2, 0) is 17.7 Å². The van der Waals surface area contributed by atoms with Crippen molar-refractivity contribution in [2.45, 2.75) is 26.8 Å². The quantitative estimate of drug-likeness (QED) is 0.443. The molecule has 0 aromatic carbocycles. The van der Waals surface area contributed by atoms with Crippen LogP contribution in [0.1, 0.15) is 23.7 Å². The van der Waals surface area contributed by atoms with Gasteiger partial charge in [0.25, 0.3) is 0 Å². The Morgan fingerprint density at radius 1 is 1.50 bits per heavy atom. The van der Waals surface area contributed by atoms with Gasteiger partial charge in [-0.3, -0.25) is 4.99 Å². The SMILES string of the molecule is CCc1cnc(CNC(=NC)NCC2(C)COC2)s1.I. The fourth-order valence-corrected chi connectivity index (χ4v) is 2.62. The summed E-state index contributed by atoms with van der Waals surface area (Å²) in [4.78, 5) is 9.92. The van der Waals surface area contributed by atoms with Gasteiger partial charge in [-0.05, 0) is 6.42 Å². The average Bonchev–Trinajstić information content (AvgIpc) is 2.85. The number of ether oxygens (including phenoxy) is 1. The van der Waals surface area contributed by atoms with Gasteiger partial charge in [0.05, 0.1) is 19.8 Å². The van der Waals surface area contributed by atoms with E-state index in [2.05, 4.69) is 34.5 Å². The average molecular weight is 410 g/mol. The van der Waals surface area contributed by atoms with Crippen LogP contribution in [0.5, 0.6) is 0 Å². The molecule has 2 rings (SSSR count). The number of aryl methyl sites for hydroxylation is 1. The summed E-state index contributed by atoms with van der Waals surface area (Å²) in [6.45, 7) is 7.60. The maximum Gasteiger partial charge on any atom is 0.191 e. The van der Waals surface area contributed by atoms with Gasteiger partial charge in [-0.15, -0.1) is 35.3 Å². The Hall–Kier alpha value is -0.410. The minimum absolute atomic E-state index is 0. The molecule has 1 aromatic rings. The van der Waals surface area contributed by atoms with Crippen LogP contribution in [0.25, 0.3) is 0 Å². The molecule has 0 spiro atoms. The van der Waals surface area contributed by atoms with E-state index in [1.165, 1.54) is 4.88 Å². The molecule has 7 heteroatoms. The number of rotatable bonds is 5. The Kier molecular flexibility index (Phi) is 7.18. The van der Waals surface area contributed by atoms with Crippen LogP contribution >= 0.6 is 35.3 Å². The molecule has 0 amide bonds. The van der Waals surface area contributed by atoms with Crippen molar-refractivity contribution in [3.63, 3.8) is 0 Å². The largest absolute Gasteiger partial charge is 0.380 e. The molecule has 1 aliphatic rings. The zero-order chi connectivity index (χ0) is 13.7. The first kappa shape index (κ1) is 17.6. The van der Waals surface area contributed by atoms with Crippen LogP contribution in [0.15, 0.2) is 11.2 Å². The number of guanidine groups is 1. The van der Waals surface area contributed by atoms with Crippen molar-refractivity contribution in [1.82, 2.24) is 15.6 Å². The smallest absolute Gasteiger partial charge is 0.191 e. The lowest BCUT2D eigenvalue weighted by Gasteiger charge is -2.38. The Morgan fingerprint density at radius 2 is 2.25 bits per heavy atom. The third-order valence-corrected chi connectivity index (χ3v) is 4.31. The summed E-state index contributed by atoms with van der Waals surface area (Å²) >= 11 is 1.75. The van der Waals surface area contributed by atoms with Crippen LogP contribution in [-0.4, -0.2) is 37.7 Å². The van der Waals surface area contributed by atoms with Crippen LogP contribution < -0.4 is 10.6 Å². The first-order valence-electron chi connectivity index (χ1n) is 6.61. The van der Waals surface area contributed by atoms with E-state index in [4.69, 9.17) is 4.74 Å². The predicted octanol–water partition coefficient (Wildman–Crippen LogP) is 2.02. The van der Waals surface area contributed by atoms with Gasteiger partial charge in [-0.1, -0.05) is 13.8 Å². The first-order valence-corrected chi connectivity index (χ1v) is 7.43. The molecule has 2 N–H and O–H groups in total. The van der Waals surface area contributed by atoms with Crippen LogP contribution in [0.2, 0.25) is 0 Å². The van der Waals surface area contributed by atoms with E-state index in [1.54, 1.807) is 18.4 Å². The molecule has 0 unspecified atom stereocenters. The second-order valence-electron chi connectivity index (χ2n) is 5.16. The van der Waals surface area contributed by atoms with Crippen LogP contribution in [0.3, 0.4) is 0 Å². The second-order valence-corrected chi connectivity index (χ2v) is 6.36. The van der Waals surface area contributed by atoms with Crippen LogP contribution in [0, 0.1) is 5.41 Å². The molecular weight excluding hydrogens is 387 g/mol. The molecule has 0 saturated carbocycles. The van der Waals surface area contributed by atoms with E-state index in [0.717, 1.165) is 43.7 Å². The number of aromatic nitrogens is 1. The van der Waals surface area contributed by atoms with E-state index < -0.39 is 0 Å². The number of hydrogen-bond donors (Lipinski definition) is 2. The van der Waals surface area contributed by atoms with E-state index >= 15 is 0 Å². The van der Waals surface area contributed by atoms with Gasteiger partial charge in [-0.2, -0.15) is 0 Å². The molecule has 0 bridgehead atoms. The normalized spacial score (nSPS) is 17.1. The number of aliphatic imine (C=N–C) groups is 1. The van der Waals surface area contributed by atoms with Gasteiger partial charge in [0.15, 0.2) is 5.96 Å². The number of thiazole rings is 1. The highest BCUT2D eigenvalue weighted by atomic mass is 127. The van der Waals surface area contributed by atoms with Crippen molar-refractivity contribution in [2.75, 3.05) is 26.8 Å². The van der Waals surface area contributed by atoms with Crippen molar-refractivity contribution < 1.29 is 4.74 Å². The summed E-state index contributed by atoms with van der Waals surface area (Å²) < 4.78 is 5.24. The Balaban J connectivity index is 0.00000200. The molecule has 1 saturated heterocycles. The van der Waals surface area contributed by atoms with Gasteiger partial charge in [0, 0.05) is 30.1 Å². The molecular formula is C13H23IN4OS. The minimum Gasteiger partial charge on any atom is -0.380 e. The Morgan fingerprint density at radius 3 is 2.75 bits per heavy atom. The summed E-state index contributed by atoms with van der Waals surface area (Å²) in [5.41, 5.74) is 0.244. The molecule has 0 aliphatic carbocycles. The lowest BCUT2D eigenvalue weighted by molar-refractivity contribution is -0.0971. The van der Waals surface area contributed by atoms with Crippen molar-refractivity contribution in [3.05, 3.63) is 16.1 Å². The Labute approximate surface area is 141 Å². The molecule has 20 heavy (non-hydrogen) atoms. The zero-order valence-electron chi connectivity index (χ0n) is 12.2. The lowest BCUT2D eigenvalue weighted by atomic mass is 9.89. The fourth-order valence-electron chi connectivity index (χ4n) is 1.82. The summed E-state index contributed by atoms with van der Waals surface area (Å²) in [6, 6.07) is 0. The summed E-state index contributed by atoms with van der Waals surface area (Å²) in [7, 11) is 1.79. The molecule has 1 aromatic heterocycles. The maximum absolute atomic E-state index is 5.24. The third kappa shape index (κ3) is 4.85. The standard InChI is InChI=1S/C13H22N4OS.HI/c1-4-10-5-15-11(19-10)6-16-12(14-3)17-7-13(2)8-18-9-13;/h5H,4,6-9H2,1-3H3,(H2,14,16,17);1H. The molecule has 1 fully saturated rings. The second kappa shape index (κ2) is 8.14. The number of halogens is 1. The minimum atomic E-state index is 0. The van der Waals surface area contributed by atoms with Gasteiger partial charge < -0.3 is 15.4 Å². The molecule has 2 heterocycles. The number of hydrogen-bond acceptors (Lipinski definition) is 4. The third-order valence-electron chi connectivity index (χ3n) is 3.16. The molecule has 0 atom stereocenters. The van der Waals surface area contributed by atoms with Gasteiger partial charge in [0.1, 0.15) is 5.01 Å². The topological polar surface area (TPSA) is 58.5 Å². The zero-order valence-corrected chi connectivity index (χ0v) is 15.4. The number of nitrogens with one attached hydrogen (secondary N) is 2. The highest BCUT2D eigenvalue weighted by molar-refractivity contribution is 14.0. The molecule has 0 radical (unpaired) electrons. The van der Waals surface area contributed by atoms with Crippen molar-refractivity contribution in [1.29, 1.82) is 0 Å². The Bertz CT molecular complexity index is 445. The fraction of sp³-hybridized carbons (Fsp3) is 0.692. The van der Waals surface area contributed by atoms with E-state index in [9.17, 15) is 0 Å². The summed E-state index contributed by atoms with van der Waals surface area (Å²) in [6.07, 6.45) is 2.99. The predicted molar refractivity (Wildman–Crippen MR) is 94.0 cm³/mol. The highest BCUT2D eigenvalue weighted by Crippen LogP contribution is 2.24. The van der Waals surface area contributed by atoms with Crippen molar-refractivity contribution in [2.24, 2.45) is 10.4 Å².